The molecule has 0 N–H and O–H groups in total. The van der Waals surface area contributed by atoms with Gasteiger partial charge in [-0.05, 0) is 13.0 Å². The van der Waals surface area contributed by atoms with Crippen LogP contribution >= 0.6 is 11.3 Å². The highest BCUT2D eigenvalue weighted by Gasteiger charge is 2.17. The van der Waals surface area contributed by atoms with Gasteiger partial charge >= 0.3 is 5.97 Å². The summed E-state index contributed by atoms with van der Waals surface area (Å²) in [6.07, 6.45) is 3.14. The molecule has 22 heavy (non-hydrogen) atoms. The summed E-state index contributed by atoms with van der Waals surface area (Å²) < 4.78 is 15.6. The van der Waals surface area contributed by atoms with Crippen molar-refractivity contribution in [2.24, 2.45) is 0 Å². The van der Waals surface area contributed by atoms with Crippen molar-refractivity contribution >= 4 is 22.9 Å². The van der Waals surface area contributed by atoms with Gasteiger partial charge in [-0.3, -0.25) is 0 Å². The van der Waals surface area contributed by atoms with Crippen molar-refractivity contribution in [2.45, 2.75) is 13.5 Å². The second-order valence-corrected chi connectivity index (χ2v) is 5.71. The van der Waals surface area contributed by atoms with Gasteiger partial charge in [-0.2, -0.15) is 0 Å². The number of carbonyl (C=O) groups excluding carboxylic acids is 1. The average molecular weight is 319 g/mol. The highest BCUT2D eigenvalue weighted by atomic mass is 32.1. The molecule has 6 heteroatoms. The van der Waals surface area contributed by atoms with Crippen LogP contribution in [-0.2, 0) is 20.9 Å². The Morgan fingerprint density at radius 1 is 1.32 bits per heavy atom. The van der Waals surface area contributed by atoms with Crippen molar-refractivity contribution in [3.8, 4) is 5.75 Å². The number of aromatic nitrogens is 1. The molecular weight excluding hydrogens is 302 g/mol. The fourth-order valence-corrected chi connectivity index (χ4v) is 2.59. The molecule has 0 amide bonds. The Bertz CT molecular complexity index is 678. The minimum atomic E-state index is -0.480. The van der Waals surface area contributed by atoms with E-state index in [1.54, 1.807) is 29.7 Å². The molecule has 0 aliphatic carbocycles. The van der Waals surface area contributed by atoms with E-state index >= 15 is 0 Å². The predicted molar refractivity (Wildman–Crippen MR) is 84.6 cm³/mol. The summed E-state index contributed by atoms with van der Waals surface area (Å²) in [4.78, 5) is 17.1. The van der Waals surface area contributed by atoms with Crippen LogP contribution in [0.1, 0.15) is 15.4 Å². The van der Waals surface area contributed by atoms with Crippen molar-refractivity contribution in [2.75, 3.05) is 14.2 Å². The van der Waals surface area contributed by atoms with E-state index < -0.39 is 5.97 Å². The summed E-state index contributed by atoms with van der Waals surface area (Å²) in [7, 11) is 2.81. The fraction of sp³-hybridized carbons (Fsp3) is 0.250. The quantitative estimate of drug-likeness (QED) is 0.465. The Morgan fingerprint density at radius 2 is 2.09 bits per heavy atom. The first-order valence-corrected chi connectivity index (χ1v) is 7.42. The lowest BCUT2D eigenvalue weighted by Crippen LogP contribution is -2.06. The van der Waals surface area contributed by atoms with Crippen LogP contribution in [0, 0.1) is 6.92 Å². The molecule has 1 heterocycles. The van der Waals surface area contributed by atoms with E-state index in [0.717, 1.165) is 9.88 Å². The lowest BCUT2D eigenvalue weighted by molar-refractivity contribution is -0.133. The maximum atomic E-state index is 11.9. The highest BCUT2D eigenvalue weighted by molar-refractivity contribution is 7.11. The molecule has 0 bridgehead atoms. The fourth-order valence-electron chi connectivity index (χ4n) is 1.89. The Balaban J connectivity index is 2.25. The van der Waals surface area contributed by atoms with Crippen LogP contribution < -0.4 is 4.74 Å². The smallest absolute Gasteiger partial charge is 0.341 e. The molecule has 0 aliphatic rings. The number of aryl methyl sites for hydroxylation is 1. The second-order valence-electron chi connectivity index (χ2n) is 4.39. The van der Waals surface area contributed by atoms with Gasteiger partial charge in [-0.25, -0.2) is 9.78 Å². The molecule has 116 valence electrons. The maximum Gasteiger partial charge on any atom is 0.341 e. The van der Waals surface area contributed by atoms with Crippen LogP contribution in [0.3, 0.4) is 0 Å². The molecule has 5 nitrogen and oxygen atoms in total. The number of nitrogens with zero attached hydrogens (tertiary/aromatic N) is 1. The standard InChI is InChI=1S/C16H17NO4S/c1-11-17-8-12(22-11)9-21-15-7-5-4-6-13(15)14(10-19-2)16(18)20-3/h4-8,10H,9H2,1-3H3. The van der Waals surface area contributed by atoms with Crippen molar-refractivity contribution in [3.05, 3.63) is 52.2 Å². The van der Waals surface area contributed by atoms with Gasteiger partial charge in [-0.1, -0.05) is 18.2 Å². The third-order valence-corrected chi connectivity index (χ3v) is 3.74. The number of para-hydroxylation sites is 1. The number of hydrogen-bond acceptors (Lipinski definition) is 6. The molecule has 0 saturated heterocycles. The zero-order valence-electron chi connectivity index (χ0n) is 12.7. The molecule has 0 saturated carbocycles. The number of ether oxygens (including phenoxy) is 3. The largest absolute Gasteiger partial charge is 0.503 e. The molecule has 1 aromatic carbocycles. The first kappa shape index (κ1) is 16.0. The van der Waals surface area contributed by atoms with Gasteiger partial charge < -0.3 is 14.2 Å². The first-order chi connectivity index (χ1) is 10.7. The van der Waals surface area contributed by atoms with Crippen LogP contribution in [0.2, 0.25) is 0 Å². The number of carbonyl (C=O) groups is 1. The van der Waals surface area contributed by atoms with E-state index in [-0.39, 0.29) is 0 Å². The number of esters is 1. The van der Waals surface area contributed by atoms with Gasteiger partial charge in [0, 0.05) is 11.8 Å². The zero-order valence-corrected chi connectivity index (χ0v) is 13.5. The van der Waals surface area contributed by atoms with Crippen LogP contribution in [0.4, 0.5) is 0 Å². The number of rotatable bonds is 6. The van der Waals surface area contributed by atoms with E-state index in [1.165, 1.54) is 20.5 Å². The Labute approximate surface area is 133 Å². The van der Waals surface area contributed by atoms with Crippen LogP contribution in [0.25, 0.3) is 5.57 Å². The van der Waals surface area contributed by atoms with Gasteiger partial charge in [0.1, 0.15) is 17.9 Å². The molecule has 0 unspecified atom stereocenters. The summed E-state index contributed by atoms with van der Waals surface area (Å²) in [6, 6.07) is 7.26. The Morgan fingerprint density at radius 3 is 2.73 bits per heavy atom. The third-order valence-electron chi connectivity index (χ3n) is 2.86. The monoisotopic (exact) mass is 319 g/mol. The molecule has 0 spiro atoms. The summed E-state index contributed by atoms with van der Waals surface area (Å²) in [5.74, 6) is 0.105. The molecule has 0 atom stereocenters. The second kappa shape index (κ2) is 7.61. The van der Waals surface area contributed by atoms with Crippen molar-refractivity contribution in [1.29, 1.82) is 0 Å². The topological polar surface area (TPSA) is 57.7 Å². The SMILES string of the molecule is COC=C(C(=O)OC)c1ccccc1OCc1cnc(C)s1. The van der Waals surface area contributed by atoms with Gasteiger partial charge in [0.05, 0.1) is 30.4 Å². The van der Waals surface area contributed by atoms with Gasteiger partial charge in [0.25, 0.3) is 0 Å². The summed E-state index contributed by atoms with van der Waals surface area (Å²) in [5.41, 5.74) is 0.929. The van der Waals surface area contributed by atoms with Crippen LogP contribution in [0.15, 0.2) is 36.7 Å². The lowest BCUT2D eigenvalue weighted by Gasteiger charge is -2.12. The summed E-state index contributed by atoms with van der Waals surface area (Å²) in [6.45, 7) is 2.34. The van der Waals surface area contributed by atoms with Gasteiger partial charge in [-0.15, -0.1) is 11.3 Å². The Kier molecular flexibility index (Phi) is 5.55. The van der Waals surface area contributed by atoms with E-state index in [4.69, 9.17) is 14.2 Å². The third kappa shape index (κ3) is 3.85. The zero-order chi connectivity index (χ0) is 15.9. The van der Waals surface area contributed by atoms with E-state index in [2.05, 4.69) is 4.98 Å². The molecule has 2 rings (SSSR count). The number of hydrogen-bond donors (Lipinski definition) is 0. The van der Waals surface area contributed by atoms with Gasteiger partial charge in [0.2, 0.25) is 0 Å². The molecule has 2 aromatic rings. The van der Waals surface area contributed by atoms with E-state index in [9.17, 15) is 4.79 Å². The Hall–Kier alpha value is -2.34. The normalized spacial score (nSPS) is 11.1. The number of methoxy groups -OCH3 is 2. The number of benzene rings is 1. The lowest BCUT2D eigenvalue weighted by atomic mass is 10.1. The van der Waals surface area contributed by atoms with Crippen molar-refractivity contribution in [3.63, 3.8) is 0 Å². The van der Waals surface area contributed by atoms with E-state index in [1.807, 2.05) is 19.1 Å². The molecule has 0 aliphatic heterocycles. The van der Waals surface area contributed by atoms with Crippen LogP contribution in [0.5, 0.6) is 5.75 Å². The molecule has 0 radical (unpaired) electrons. The molecular formula is C16H17NO4S. The molecule has 0 fully saturated rings. The van der Waals surface area contributed by atoms with Crippen molar-refractivity contribution in [1.82, 2.24) is 4.98 Å². The number of thiazole rings is 1. The minimum Gasteiger partial charge on any atom is -0.503 e. The maximum absolute atomic E-state index is 11.9. The van der Waals surface area contributed by atoms with E-state index in [0.29, 0.717) is 23.5 Å². The van der Waals surface area contributed by atoms with Crippen LogP contribution in [-0.4, -0.2) is 25.2 Å². The predicted octanol–water partition coefficient (Wildman–Crippen LogP) is 3.19. The molecule has 1 aromatic heterocycles. The van der Waals surface area contributed by atoms with Gasteiger partial charge in [0.15, 0.2) is 0 Å². The highest BCUT2D eigenvalue weighted by Crippen LogP contribution is 2.28. The summed E-state index contributed by atoms with van der Waals surface area (Å²) >= 11 is 1.58. The van der Waals surface area contributed by atoms with Crippen molar-refractivity contribution < 1.29 is 19.0 Å². The average Bonchev–Trinajstić information content (AvgIpc) is 2.96. The first-order valence-electron chi connectivity index (χ1n) is 6.60. The summed E-state index contributed by atoms with van der Waals surface area (Å²) in [5, 5.41) is 0.987. The minimum absolute atomic E-state index is 0.307.